The summed E-state index contributed by atoms with van der Waals surface area (Å²) < 4.78 is 1.99. The Kier molecular flexibility index (Phi) is 2.02. The smallest absolute Gasteiger partial charge is 0.139 e. The maximum absolute atomic E-state index is 8.86. The molecule has 3 nitrogen and oxygen atoms in total. The highest BCUT2D eigenvalue weighted by Crippen LogP contribution is 2.18. The van der Waals surface area contributed by atoms with Crippen molar-refractivity contribution in [3.63, 3.8) is 0 Å². The Balaban J connectivity index is 2.63. The molecule has 0 saturated heterocycles. The molecule has 2 aromatic heterocycles. The Hall–Kier alpha value is -1.35. The quantitative estimate of drug-likeness (QED) is 0.744. The average molecular weight is 176 g/mol. The van der Waals surface area contributed by atoms with Crippen LogP contribution in [0.5, 0.6) is 0 Å². The number of hydrogen-bond acceptors (Lipinski definition) is 2. The van der Waals surface area contributed by atoms with E-state index in [1.807, 2.05) is 29.9 Å². The number of nitrogens with zero attached hydrogens (tertiary/aromatic N) is 2. The molecule has 0 aliphatic carbocycles. The number of aryl methyl sites for hydroxylation is 1. The molecular formula is C10H12N2O. The number of rotatable bonds is 2. The maximum atomic E-state index is 8.86. The summed E-state index contributed by atoms with van der Waals surface area (Å²) in [5.41, 5.74) is 2.14. The van der Waals surface area contributed by atoms with Gasteiger partial charge in [0.05, 0.1) is 0 Å². The van der Waals surface area contributed by atoms with Gasteiger partial charge in [0, 0.05) is 31.4 Å². The monoisotopic (exact) mass is 176 g/mol. The molecule has 2 aromatic rings. The number of aromatic nitrogens is 2. The maximum Gasteiger partial charge on any atom is 0.139 e. The molecule has 1 N–H and O–H groups in total. The lowest BCUT2D eigenvalue weighted by Gasteiger charge is -1.93. The molecule has 0 fully saturated rings. The van der Waals surface area contributed by atoms with Gasteiger partial charge in [0.2, 0.25) is 0 Å². The number of fused-ring (bicyclic) bond motifs is 1. The van der Waals surface area contributed by atoms with Crippen LogP contribution in [0, 0.1) is 0 Å². The van der Waals surface area contributed by atoms with Crippen molar-refractivity contribution in [3.8, 4) is 0 Å². The Bertz CT molecular complexity index is 420. The fourth-order valence-corrected chi connectivity index (χ4v) is 1.61. The van der Waals surface area contributed by atoms with E-state index in [0.717, 1.165) is 16.6 Å². The van der Waals surface area contributed by atoms with E-state index in [0.29, 0.717) is 6.42 Å². The normalized spacial score (nSPS) is 10.9. The molecule has 3 heteroatoms. The van der Waals surface area contributed by atoms with Crippen molar-refractivity contribution < 1.29 is 5.11 Å². The molecule has 0 aliphatic rings. The van der Waals surface area contributed by atoms with Gasteiger partial charge in [-0.05, 0) is 24.1 Å². The van der Waals surface area contributed by atoms with Crippen LogP contribution in [0.15, 0.2) is 24.5 Å². The average Bonchev–Trinajstić information content (AvgIpc) is 2.46. The van der Waals surface area contributed by atoms with E-state index in [1.54, 1.807) is 6.20 Å². The molecule has 0 bridgehead atoms. The zero-order chi connectivity index (χ0) is 9.26. The standard InChI is InChI=1S/C10H12N2O/c1-12-7-8(4-6-13)9-3-2-5-11-10(9)12/h2-3,5,7,13H,4,6H2,1H3. The van der Waals surface area contributed by atoms with Gasteiger partial charge in [-0.2, -0.15) is 0 Å². The highest BCUT2D eigenvalue weighted by Gasteiger charge is 2.05. The largest absolute Gasteiger partial charge is 0.396 e. The zero-order valence-corrected chi connectivity index (χ0v) is 7.57. The van der Waals surface area contributed by atoms with E-state index in [9.17, 15) is 0 Å². The van der Waals surface area contributed by atoms with Crippen molar-refractivity contribution in [3.05, 3.63) is 30.1 Å². The lowest BCUT2D eigenvalue weighted by atomic mass is 10.2. The van der Waals surface area contributed by atoms with Gasteiger partial charge < -0.3 is 9.67 Å². The second-order valence-corrected chi connectivity index (χ2v) is 3.11. The van der Waals surface area contributed by atoms with Gasteiger partial charge in [0.1, 0.15) is 5.65 Å². The number of aliphatic hydroxyl groups is 1. The van der Waals surface area contributed by atoms with Crippen molar-refractivity contribution in [2.45, 2.75) is 6.42 Å². The summed E-state index contributed by atoms with van der Waals surface area (Å²) in [5.74, 6) is 0. The molecule has 0 aromatic carbocycles. The highest BCUT2D eigenvalue weighted by atomic mass is 16.2. The molecule has 0 amide bonds. The van der Waals surface area contributed by atoms with Crippen molar-refractivity contribution in [1.29, 1.82) is 0 Å². The molecule has 0 aliphatic heterocycles. The van der Waals surface area contributed by atoms with Crippen LogP contribution in [0.4, 0.5) is 0 Å². The fraction of sp³-hybridized carbons (Fsp3) is 0.300. The summed E-state index contributed by atoms with van der Waals surface area (Å²) in [5, 5.41) is 10.00. The van der Waals surface area contributed by atoms with Crippen LogP contribution in [0.25, 0.3) is 11.0 Å². The lowest BCUT2D eigenvalue weighted by molar-refractivity contribution is 0.300. The summed E-state index contributed by atoms with van der Waals surface area (Å²) >= 11 is 0. The Morgan fingerprint density at radius 1 is 1.54 bits per heavy atom. The predicted molar refractivity (Wildman–Crippen MR) is 51.5 cm³/mol. The third-order valence-corrected chi connectivity index (χ3v) is 2.20. The summed E-state index contributed by atoms with van der Waals surface area (Å²) in [4.78, 5) is 4.26. The van der Waals surface area contributed by atoms with E-state index >= 15 is 0 Å². The first kappa shape index (κ1) is 8.26. The summed E-state index contributed by atoms with van der Waals surface area (Å²) in [7, 11) is 1.97. The van der Waals surface area contributed by atoms with Crippen LogP contribution in [0.1, 0.15) is 5.56 Å². The number of hydrogen-bond donors (Lipinski definition) is 1. The second kappa shape index (κ2) is 3.18. The van der Waals surface area contributed by atoms with E-state index in [4.69, 9.17) is 5.11 Å². The lowest BCUT2D eigenvalue weighted by Crippen LogP contribution is -1.88. The zero-order valence-electron chi connectivity index (χ0n) is 7.57. The molecule has 0 spiro atoms. The van der Waals surface area contributed by atoms with Crippen LogP contribution in [-0.4, -0.2) is 21.3 Å². The second-order valence-electron chi connectivity index (χ2n) is 3.11. The number of aliphatic hydroxyl groups excluding tert-OH is 1. The van der Waals surface area contributed by atoms with Crippen LogP contribution in [0.3, 0.4) is 0 Å². The van der Waals surface area contributed by atoms with Crippen LogP contribution < -0.4 is 0 Å². The first-order valence-corrected chi connectivity index (χ1v) is 4.32. The molecular weight excluding hydrogens is 164 g/mol. The van der Waals surface area contributed by atoms with Crippen LogP contribution >= 0.6 is 0 Å². The molecule has 68 valence electrons. The molecule has 13 heavy (non-hydrogen) atoms. The predicted octanol–water partition coefficient (Wildman–Crippen LogP) is 1.11. The minimum Gasteiger partial charge on any atom is -0.396 e. The first-order chi connectivity index (χ1) is 6.33. The Labute approximate surface area is 76.6 Å². The van der Waals surface area contributed by atoms with E-state index < -0.39 is 0 Å². The van der Waals surface area contributed by atoms with Crippen molar-refractivity contribution in [2.24, 2.45) is 7.05 Å². The Morgan fingerprint density at radius 3 is 3.15 bits per heavy atom. The van der Waals surface area contributed by atoms with Gasteiger partial charge in [0.15, 0.2) is 0 Å². The van der Waals surface area contributed by atoms with Crippen molar-refractivity contribution in [2.75, 3.05) is 6.61 Å². The van der Waals surface area contributed by atoms with Crippen LogP contribution in [0.2, 0.25) is 0 Å². The molecule has 0 atom stereocenters. The van der Waals surface area contributed by atoms with Gasteiger partial charge in [-0.1, -0.05) is 0 Å². The molecule has 2 heterocycles. The molecule has 0 unspecified atom stereocenters. The first-order valence-electron chi connectivity index (χ1n) is 4.32. The fourth-order valence-electron chi connectivity index (χ4n) is 1.61. The SMILES string of the molecule is Cn1cc(CCO)c2cccnc21. The van der Waals surface area contributed by atoms with E-state index in [-0.39, 0.29) is 6.61 Å². The summed E-state index contributed by atoms with van der Waals surface area (Å²) in [6, 6.07) is 3.95. The molecule has 2 rings (SSSR count). The van der Waals surface area contributed by atoms with Crippen molar-refractivity contribution in [1.82, 2.24) is 9.55 Å². The summed E-state index contributed by atoms with van der Waals surface area (Å²) in [6.07, 6.45) is 4.50. The third-order valence-electron chi connectivity index (χ3n) is 2.20. The molecule has 0 radical (unpaired) electrons. The third kappa shape index (κ3) is 1.31. The van der Waals surface area contributed by atoms with Gasteiger partial charge in [-0.25, -0.2) is 4.98 Å². The van der Waals surface area contributed by atoms with Gasteiger partial charge >= 0.3 is 0 Å². The topological polar surface area (TPSA) is 38.0 Å². The van der Waals surface area contributed by atoms with E-state index in [1.165, 1.54) is 0 Å². The minimum atomic E-state index is 0.188. The number of pyridine rings is 1. The minimum absolute atomic E-state index is 0.188. The van der Waals surface area contributed by atoms with E-state index in [2.05, 4.69) is 4.98 Å². The van der Waals surface area contributed by atoms with Crippen LogP contribution in [-0.2, 0) is 13.5 Å². The molecule has 0 saturated carbocycles. The summed E-state index contributed by atoms with van der Waals surface area (Å²) in [6.45, 7) is 0.188. The van der Waals surface area contributed by atoms with Gasteiger partial charge in [0.25, 0.3) is 0 Å². The highest BCUT2D eigenvalue weighted by molar-refractivity contribution is 5.80. The van der Waals surface area contributed by atoms with Gasteiger partial charge in [-0.15, -0.1) is 0 Å². The van der Waals surface area contributed by atoms with Crippen molar-refractivity contribution >= 4 is 11.0 Å². The Morgan fingerprint density at radius 2 is 2.38 bits per heavy atom. The van der Waals surface area contributed by atoms with Gasteiger partial charge in [-0.3, -0.25) is 0 Å².